The average molecular weight is 271 g/mol. The summed E-state index contributed by atoms with van der Waals surface area (Å²) in [5.41, 5.74) is 1.18. The normalized spacial score (nSPS) is 7.61. The summed E-state index contributed by atoms with van der Waals surface area (Å²) in [6.45, 7) is 5.92. The molecule has 0 bridgehead atoms. The molecule has 0 aliphatic heterocycles. The summed E-state index contributed by atoms with van der Waals surface area (Å²) in [6.07, 6.45) is 1.67. The summed E-state index contributed by atoms with van der Waals surface area (Å²) in [6, 6.07) is 9.96. The number of carboxylic acid groups (broad SMARTS) is 2. The minimum Gasteiger partial charge on any atom is -0.478 e. The van der Waals surface area contributed by atoms with Gasteiger partial charge in [0.15, 0.2) is 0 Å². The lowest BCUT2D eigenvalue weighted by molar-refractivity contribution is -0.132. The van der Waals surface area contributed by atoms with E-state index < -0.39 is 11.9 Å². The van der Waals surface area contributed by atoms with Crippen LogP contribution in [0.5, 0.6) is 0 Å². The third kappa shape index (κ3) is 16.4. The van der Waals surface area contributed by atoms with Crippen molar-refractivity contribution >= 4 is 23.5 Å². The molecule has 0 saturated heterocycles. The summed E-state index contributed by atoms with van der Waals surface area (Å²) < 4.78 is 0. The first kappa shape index (κ1) is 18.3. The van der Waals surface area contributed by atoms with Crippen molar-refractivity contribution in [2.75, 3.05) is 0 Å². The molecule has 0 aliphatic rings. The first-order valence-corrected chi connectivity index (χ1v) is 5.32. The van der Waals surface area contributed by atoms with Crippen LogP contribution in [-0.2, 0) is 15.5 Å². The molecule has 1 aromatic rings. The Morgan fingerprint density at radius 2 is 1.39 bits per heavy atom. The Labute approximate surface area is 111 Å². The fourth-order valence-corrected chi connectivity index (χ4v) is 0.745. The molecule has 2 N–H and O–H groups in total. The lowest BCUT2D eigenvalue weighted by Crippen LogP contribution is -1.82. The van der Waals surface area contributed by atoms with Gasteiger partial charge in [0.2, 0.25) is 0 Å². The van der Waals surface area contributed by atoms with E-state index in [2.05, 4.69) is 13.2 Å². The number of carbonyl (C=O) groups is 2. The van der Waals surface area contributed by atoms with Gasteiger partial charge < -0.3 is 10.2 Å². The van der Waals surface area contributed by atoms with E-state index in [0.717, 1.165) is 12.2 Å². The minimum atomic E-state index is -0.981. The van der Waals surface area contributed by atoms with Crippen LogP contribution >= 0.6 is 11.6 Å². The highest BCUT2D eigenvalue weighted by Gasteiger charge is 1.81. The lowest BCUT2D eigenvalue weighted by Gasteiger charge is -1.88. The summed E-state index contributed by atoms with van der Waals surface area (Å²) in [5, 5.41) is 15.2. The molecule has 0 unspecified atom stereocenters. The van der Waals surface area contributed by atoms with E-state index in [0.29, 0.717) is 5.88 Å². The van der Waals surface area contributed by atoms with Gasteiger partial charge in [0, 0.05) is 18.0 Å². The van der Waals surface area contributed by atoms with E-state index in [1.807, 2.05) is 30.3 Å². The molecule has 0 saturated carbocycles. The zero-order valence-corrected chi connectivity index (χ0v) is 10.5. The number of hydrogen-bond acceptors (Lipinski definition) is 2. The molecular weight excluding hydrogens is 256 g/mol. The predicted molar refractivity (Wildman–Crippen MR) is 71.7 cm³/mol. The number of halogens is 1. The number of rotatable bonds is 3. The molecule has 0 atom stereocenters. The molecule has 5 heteroatoms. The van der Waals surface area contributed by atoms with Gasteiger partial charge in [-0.15, -0.1) is 11.6 Å². The summed E-state index contributed by atoms with van der Waals surface area (Å²) in [7, 11) is 0. The molecule has 4 nitrogen and oxygen atoms in total. The van der Waals surface area contributed by atoms with Crippen molar-refractivity contribution in [1.29, 1.82) is 0 Å². The average Bonchev–Trinajstić information content (AvgIpc) is 2.41. The summed E-state index contributed by atoms with van der Waals surface area (Å²) in [4.78, 5) is 18.5. The Bertz CT molecular complexity index is 356. The Hall–Kier alpha value is -2.07. The van der Waals surface area contributed by atoms with Crippen LogP contribution in [0.3, 0.4) is 0 Å². The quantitative estimate of drug-likeness (QED) is 0.654. The fourth-order valence-electron chi connectivity index (χ4n) is 0.567. The Balaban J connectivity index is 0. The maximum atomic E-state index is 9.25. The van der Waals surface area contributed by atoms with Crippen molar-refractivity contribution in [2.45, 2.75) is 5.88 Å². The third-order valence-corrected chi connectivity index (χ3v) is 1.65. The van der Waals surface area contributed by atoms with Crippen molar-refractivity contribution in [3.8, 4) is 0 Å². The maximum Gasteiger partial charge on any atom is 0.327 e. The third-order valence-electron chi connectivity index (χ3n) is 1.35. The molecular formula is C13H15ClO4. The van der Waals surface area contributed by atoms with Crippen LogP contribution in [-0.4, -0.2) is 22.2 Å². The molecule has 0 aliphatic carbocycles. The minimum absolute atomic E-state index is 0.612. The second-order valence-corrected chi connectivity index (χ2v) is 2.97. The van der Waals surface area contributed by atoms with Crippen LogP contribution in [0, 0.1) is 0 Å². The fraction of sp³-hybridized carbons (Fsp3) is 0.0769. The Morgan fingerprint density at radius 1 is 1.06 bits per heavy atom. The first-order valence-electron chi connectivity index (χ1n) is 4.78. The number of aliphatic carboxylic acids is 2. The van der Waals surface area contributed by atoms with Gasteiger partial charge >= 0.3 is 11.9 Å². The van der Waals surface area contributed by atoms with E-state index in [4.69, 9.17) is 21.8 Å². The van der Waals surface area contributed by atoms with E-state index >= 15 is 0 Å². The molecule has 0 amide bonds. The van der Waals surface area contributed by atoms with Crippen LogP contribution in [0.25, 0.3) is 0 Å². The van der Waals surface area contributed by atoms with Gasteiger partial charge in [0.25, 0.3) is 0 Å². The highest BCUT2D eigenvalue weighted by atomic mass is 35.5. The summed E-state index contributed by atoms with van der Waals surface area (Å²) >= 11 is 5.53. The van der Waals surface area contributed by atoms with Crippen LogP contribution < -0.4 is 0 Å². The highest BCUT2D eigenvalue weighted by molar-refractivity contribution is 6.17. The van der Waals surface area contributed by atoms with E-state index in [1.165, 1.54) is 5.56 Å². The molecule has 0 spiro atoms. The number of benzene rings is 1. The van der Waals surface area contributed by atoms with E-state index in [1.54, 1.807) is 0 Å². The first-order chi connectivity index (χ1) is 8.47. The van der Waals surface area contributed by atoms with Gasteiger partial charge in [-0.2, -0.15) is 0 Å². The highest BCUT2D eigenvalue weighted by Crippen LogP contribution is 2.00. The van der Waals surface area contributed by atoms with Crippen molar-refractivity contribution in [3.63, 3.8) is 0 Å². The maximum absolute atomic E-state index is 9.25. The van der Waals surface area contributed by atoms with Crippen molar-refractivity contribution < 1.29 is 19.8 Å². The van der Waals surface area contributed by atoms with Crippen LogP contribution in [0.2, 0.25) is 0 Å². The molecule has 1 aromatic carbocycles. The van der Waals surface area contributed by atoms with Crippen molar-refractivity contribution in [3.05, 3.63) is 61.2 Å². The number of hydrogen-bond donors (Lipinski definition) is 2. The lowest BCUT2D eigenvalue weighted by atomic mass is 10.2. The van der Waals surface area contributed by atoms with Gasteiger partial charge in [-0.3, -0.25) is 0 Å². The summed E-state index contributed by atoms with van der Waals surface area (Å²) in [5.74, 6) is -1.35. The van der Waals surface area contributed by atoms with E-state index in [-0.39, 0.29) is 0 Å². The molecule has 1 rings (SSSR count). The van der Waals surface area contributed by atoms with Gasteiger partial charge in [0.05, 0.1) is 0 Å². The molecule has 0 heterocycles. The van der Waals surface area contributed by atoms with Gasteiger partial charge in [0.1, 0.15) is 0 Å². The molecule has 0 aromatic heterocycles. The molecule has 98 valence electrons. The molecule has 18 heavy (non-hydrogen) atoms. The van der Waals surface area contributed by atoms with Crippen LogP contribution in [0.1, 0.15) is 5.56 Å². The smallest absolute Gasteiger partial charge is 0.327 e. The second kappa shape index (κ2) is 13.0. The van der Waals surface area contributed by atoms with Crippen LogP contribution in [0.4, 0.5) is 0 Å². The van der Waals surface area contributed by atoms with Gasteiger partial charge in [-0.05, 0) is 5.56 Å². The van der Waals surface area contributed by atoms with Crippen molar-refractivity contribution in [1.82, 2.24) is 0 Å². The molecule has 0 fully saturated rings. The second-order valence-electron chi connectivity index (χ2n) is 2.70. The van der Waals surface area contributed by atoms with Gasteiger partial charge in [-0.25, -0.2) is 9.59 Å². The molecule has 0 radical (unpaired) electrons. The zero-order valence-electron chi connectivity index (χ0n) is 9.75. The Morgan fingerprint density at radius 3 is 1.56 bits per heavy atom. The standard InChI is InChI=1S/C7H7Cl.2C3H4O2/c8-6-7-4-2-1-3-5-7;2*1-2-3(4)5/h1-5H,6H2;2*2H,1H2,(H,4,5). The van der Waals surface area contributed by atoms with Crippen molar-refractivity contribution in [2.24, 2.45) is 0 Å². The van der Waals surface area contributed by atoms with Gasteiger partial charge in [-0.1, -0.05) is 43.5 Å². The SMILES string of the molecule is C=CC(=O)O.C=CC(=O)O.ClCc1ccccc1. The topological polar surface area (TPSA) is 74.6 Å². The largest absolute Gasteiger partial charge is 0.478 e. The Kier molecular flexibility index (Phi) is 13.2. The number of carboxylic acids is 2. The monoisotopic (exact) mass is 270 g/mol. The number of alkyl halides is 1. The van der Waals surface area contributed by atoms with E-state index in [9.17, 15) is 9.59 Å². The zero-order chi connectivity index (χ0) is 14.4. The van der Waals surface area contributed by atoms with Crippen LogP contribution in [0.15, 0.2) is 55.6 Å². The predicted octanol–water partition coefficient (Wildman–Crippen LogP) is 2.94.